The Bertz CT molecular complexity index is 273. The third-order valence-electron chi connectivity index (χ3n) is 2.83. The van der Waals surface area contributed by atoms with Crippen molar-refractivity contribution < 1.29 is 0 Å². The minimum atomic E-state index is 0.701. The maximum Gasteiger partial charge on any atom is 0.0312 e. The largest absolute Gasteiger partial charge is 0.330 e. The average Bonchev–Trinajstić information content (AvgIpc) is 2.67. The Labute approximate surface area is 84.9 Å². The fourth-order valence-electron chi connectivity index (χ4n) is 2.00. The van der Waals surface area contributed by atoms with Gasteiger partial charge in [0.2, 0.25) is 0 Å². The summed E-state index contributed by atoms with van der Waals surface area (Å²) in [5.41, 5.74) is 6.95. The zero-order valence-electron chi connectivity index (χ0n) is 8.39. The first-order valence-electron chi connectivity index (χ1n) is 5.20. The van der Waals surface area contributed by atoms with Crippen molar-refractivity contribution in [3.05, 3.63) is 30.1 Å². The fourth-order valence-corrected chi connectivity index (χ4v) is 2.00. The number of likely N-dealkylation sites (tertiary alicyclic amines) is 1. The highest BCUT2D eigenvalue weighted by Crippen LogP contribution is 2.16. The van der Waals surface area contributed by atoms with Crippen LogP contribution in [0.1, 0.15) is 12.0 Å². The van der Waals surface area contributed by atoms with Gasteiger partial charge in [0.25, 0.3) is 0 Å². The molecule has 2 N–H and O–H groups in total. The van der Waals surface area contributed by atoms with E-state index in [9.17, 15) is 0 Å². The van der Waals surface area contributed by atoms with Crippen LogP contribution in [-0.4, -0.2) is 29.5 Å². The molecular formula is C11H17N3. The standard InChI is InChI=1S/C11H17N3/c12-6-10-3-5-14(8-10)9-11-2-1-4-13-7-11/h1-2,4,7,10H,3,5-6,8-9,12H2/t10-/m0/s1. The lowest BCUT2D eigenvalue weighted by molar-refractivity contribution is 0.317. The van der Waals surface area contributed by atoms with Gasteiger partial charge in [0.05, 0.1) is 0 Å². The van der Waals surface area contributed by atoms with Gasteiger partial charge in [-0.3, -0.25) is 9.88 Å². The molecule has 2 rings (SSSR count). The summed E-state index contributed by atoms with van der Waals surface area (Å²) in [6.07, 6.45) is 5.00. The maximum atomic E-state index is 5.65. The SMILES string of the molecule is NC[C@@H]1CCN(Cc2cccnc2)C1. The Morgan fingerprint density at radius 1 is 1.57 bits per heavy atom. The average molecular weight is 191 g/mol. The van der Waals surface area contributed by atoms with E-state index in [4.69, 9.17) is 5.73 Å². The fraction of sp³-hybridized carbons (Fsp3) is 0.545. The summed E-state index contributed by atoms with van der Waals surface area (Å²) in [7, 11) is 0. The Balaban J connectivity index is 1.88. The van der Waals surface area contributed by atoms with Crippen LogP contribution in [0.15, 0.2) is 24.5 Å². The molecule has 2 heterocycles. The van der Waals surface area contributed by atoms with Crippen LogP contribution in [0.4, 0.5) is 0 Å². The summed E-state index contributed by atoms with van der Waals surface area (Å²) in [5.74, 6) is 0.701. The highest BCUT2D eigenvalue weighted by molar-refractivity contribution is 5.08. The third-order valence-corrected chi connectivity index (χ3v) is 2.83. The minimum Gasteiger partial charge on any atom is -0.330 e. The number of nitrogens with zero attached hydrogens (tertiary/aromatic N) is 2. The van der Waals surface area contributed by atoms with Crippen molar-refractivity contribution in [2.45, 2.75) is 13.0 Å². The molecule has 0 saturated carbocycles. The van der Waals surface area contributed by atoms with Crippen LogP contribution >= 0.6 is 0 Å². The molecule has 3 heteroatoms. The number of aromatic nitrogens is 1. The lowest BCUT2D eigenvalue weighted by atomic mass is 10.1. The summed E-state index contributed by atoms with van der Waals surface area (Å²) in [5, 5.41) is 0. The van der Waals surface area contributed by atoms with Crippen LogP contribution in [-0.2, 0) is 6.54 Å². The van der Waals surface area contributed by atoms with Crippen molar-refractivity contribution in [2.24, 2.45) is 11.7 Å². The van der Waals surface area contributed by atoms with Gasteiger partial charge < -0.3 is 5.73 Å². The van der Waals surface area contributed by atoms with Crippen molar-refractivity contribution in [3.63, 3.8) is 0 Å². The van der Waals surface area contributed by atoms with Gasteiger partial charge >= 0.3 is 0 Å². The van der Waals surface area contributed by atoms with E-state index in [1.54, 1.807) is 0 Å². The van der Waals surface area contributed by atoms with Gasteiger partial charge in [-0.15, -0.1) is 0 Å². The molecule has 0 unspecified atom stereocenters. The van der Waals surface area contributed by atoms with Crippen molar-refractivity contribution >= 4 is 0 Å². The molecule has 14 heavy (non-hydrogen) atoms. The first-order valence-corrected chi connectivity index (χ1v) is 5.20. The second-order valence-electron chi connectivity index (χ2n) is 3.99. The Morgan fingerprint density at radius 3 is 3.14 bits per heavy atom. The topological polar surface area (TPSA) is 42.1 Å². The molecule has 0 spiro atoms. The highest BCUT2D eigenvalue weighted by atomic mass is 15.1. The lowest BCUT2D eigenvalue weighted by Crippen LogP contribution is -2.22. The number of hydrogen-bond acceptors (Lipinski definition) is 3. The summed E-state index contributed by atoms with van der Waals surface area (Å²) in [6, 6.07) is 4.12. The van der Waals surface area contributed by atoms with E-state index in [2.05, 4.69) is 16.0 Å². The number of nitrogens with two attached hydrogens (primary N) is 1. The van der Waals surface area contributed by atoms with Gasteiger partial charge in [-0.25, -0.2) is 0 Å². The number of hydrogen-bond donors (Lipinski definition) is 1. The smallest absolute Gasteiger partial charge is 0.0312 e. The molecule has 1 saturated heterocycles. The normalized spacial score (nSPS) is 22.8. The summed E-state index contributed by atoms with van der Waals surface area (Å²) in [4.78, 5) is 6.57. The second-order valence-corrected chi connectivity index (χ2v) is 3.99. The van der Waals surface area contributed by atoms with E-state index in [0.29, 0.717) is 5.92 Å². The van der Waals surface area contributed by atoms with Crippen molar-refractivity contribution in [3.8, 4) is 0 Å². The molecule has 1 fully saturated rings. The Kier molecular flexibility index (Phi) is 3.11. The predicted molar refractivity (Wildman–Crippen MR) is 56.7 cm³/mol. The minimum absolute atomic E-state index is 0.701. The van der Waals surface area contributed by atoms with Gasteiger partial charge in [0.1, 0.15) is 0 Å². The zero-order valence-corrected chi connectivity index (χ0v) is 8.39. The van der Waals surface area contributed by atoms with Crippen LogP contribution in [0.3, 0.4) is 0 Å². The van der Waals surface area contributed by atoms with Crippen molar-refractivity contribution in [1.82, 2.24) is 9.88 Å². The first kappa shape index (κ1) is 9.62. The van der Waals surface area contributed by atoms with Gasteiger partial charge in [-0.05, 0) is 37.1 Å². The van der Waals surface area contributed by atoms with E-state index in [1.807, 2.05) is 18.5 Å². The Hall–Kier alpha value is -0.930. The van der Waals surface area contributed by atoms with E-state index >= 15 is 0 Å². The van der Waals surface area contributed by atoms with Gasteiger partial charge in [-0.1, -0.05) is 6.07 Å². The van der Waals surface area contributed by atoms with E-state index < -0.39 is 0 Å². The summed E-state index contributed by atoms with van der Waals surface area (Å²) < 4.78 is 0. The van der Waals surface area contributed by atoms with Gasteiger partial charge in [-0.2, -0.15) is 0 Å². The van der Waals surface area contributed by atoms with Crippen LogP contribution in [0, 0.1) is 5.92 Å². The molecule has 0 aliphatic carbocycles. The monoisotopic (exact) mass is 191 g/mol. The molecule has 0 radical (unpaired) electrons. The number of rotatable bonds is 3. The summed E-state index contributed by atoms with van der Waals surface area (Å²) >= 11 is 0. The Morgan fingerprint density at radius 2 is 2.50 bits per heavy atom. The molecule has 0 amide bonds. The third kappa shape index (κ3) is 2.30. The molecule has 1 aromatic heterocycles. The lowest BCUT2D eigenvalue weighted by Gasteiger charge is -2.15. The second kappa shape index (κ2) is 4.53. The van der Waals surface area contributed by atoms with Crippen molar-refractivity contribution in [2.75, 3.05) is 19.6 Å². The highest BCUT2D eigenvalue weighted by Gasteiger charge is 2.20. The molecule has 1 aromatic rings. The van der Waals surface area contributed by atoms with Crippen molar-refractivity contribution in [1.29, 1.82) is 0 Å². The van der Waals surface area contributed by atoms with E-state index in [1.165, 1.54) is 18.5 Å². The van der Waals surface area contributed by atoms with Crippen LogP contribution in [0.25, 0.3) is 0 Å². The van der Waals surface area contributed by atoms with Crippen LogP contribution in [0.5, 0.6) is 0 Å². The zero-order chi connectivity index (χ0) is 9.80. The van der Waals surface area contributed by atoms with Crippen LogP contribution < -0.4 is 5.73 Å². The van der Waals surface area contributed by atoms with E-state index in [-0.39, 0.29) is 0 Å². The first-order chi connectivity index (χ1) is 6.88. The summed E-state index contributed by atoms with van der Waals surface area (Å²) in [6.45, 7) is 4.16. The van der Waals surface area contributed by atoms with Gasteiger partial charge in [0.15, 0.2) is 0 Å². The molecule has 0 bridgehead atoms. The van der Waals surface area contributed by atoms with Gasteiger partial charge in [0, 0.05) is 25.5 Å². The molecular weight excluding hydrogens is 174 g/mol. The molecule has 1 aliphatic rings. The van der Waals surface area contributed by atoms with E-state index in [0.717, 1.165) is 19.6 Å². The molecule has 1 aliphatic heterocycles. The van der Waals surface area contributed by atoms with Crippen LogP contribution in [0.2, 0.25) is 0 Å². The molecule has 76 valence electrons. The molecule has 0 aromatic carbocycles. The quantitative estimate of drug-likeness (QED) is 0.770. The maximum absolute atomic E-state index is 5.65. The number of pyridine rings is 1. The molecule has 3 nitrogen and oxygen atoms in total. The predicted octanol–water partition coefficient (Wildman–Crippen LogP) is 0.862. The molecule has 1 atom stereocenters.